The predicted molar refractivity (Wildman–Crippen MR) is 127 cm³/mol. The van der Waals surface area contributed by atoms with Gasteiger partial charge in [0.25, 0.3) is 0 Å². The number of carbonyl (C=O) groups excluding carboxylic acids is 2. The summed E-state index contributed by atoms with van der Waals surface area (Å²) in [7, 11) is -3.93. The summed E-state index contributed by atoms with van der Waals surface area (Å²) in [6, 6.07) is 8.87. The largest absolute Gasteiger partial charge is 0.506 e. The Morgan fingerprint density at radius 1 is 0.969 bits per heavy atom. The fraction of sp³-hybridized carbons (Fsp3) is 0.391. The predicted octanol–water partition coefficient (Wildman–Crippen LogP) is 4.92. The van der Waals surface area contributed by atoms with Gasteiger partial charge < -0.3 is 15.7 Å². The van der Waals surface area contributed by atoms with Crippen LogP contribution in [0.2, 0.25) is 5.02 Å². The number of hydrogen-bond donors (Lipinski definition) is 3. The topological polar surface area (TPSA) is 113 Å². The lowest BCUT2D eigenvalue weighted by Crippen LogP contribution is -2.34. The Morgan fingerprint density at radius 3 is 2.16 bits per heavy atom. The molecule has 1 unspecified atom stereocenters. The Kier molecular flexibility index (Phi) is 8.69. The number of anilines is 2. The Bertz CT molecular complexity index is 1100. The number of amides is 2. The molecule has 2 rings (SSSR count). The first-order valence-corrected chi connectivity index (χ1v) is 12.4. The van der Waals surface area contributed by atoms with Gasteiger partial charge in [-0.1, -0.05) is 44.5 Å². The van der Waals surface area contributed by atoms with Gasteiger partial charge in [-0.15, -0.1) is 0 Å². The smallest absolute Gasteiger partial charge is 0.243 e. The number of benzene rings is 2. The van der Waals surface area contributed by atoms with Crippen LogP contribution >= 0.6 is 11.6 Å². The van der Waals surface area contributed by atoms with Gasteiger partial charge in [-0.25, -0.2) is 8.42 Å². The maximum Gasteiger partial charge on any atom is 0.243 e. The van der Waals surface area contributed by atoms with Crippen molar-refractivity contribution in [2.75, 3.05) is 10.6 Å². The van der Waals surface area contributed by atoms with Gasteiger partial charge in [0.2, 0.25) is 11.8 Å². The van der Waals surface area contributed by atoms with Crippen LogP contribution in [0.3, 0.4) is 0 Å². The van der Waals surface area contributed by atoms with Crippen LogP contribution in [-0.2, 0) is 19.4 Å². The summed E-state index contributed by atoms with van der Waals surface area (Å²) in [6.45, 7) is 7.17. The molecule has 0 aliphatic carbocycles. The Morgan fingerprint density at radius 2 is 1.59 bits per heavy atom. The molecule has 0 heterocycles. The lowest BCUT2D eigenvalue weighted by Gasteiger charge is -2.18. The fourth-order valence-electron chi connectivity index (χ4n) is 3.37. The molecule has 0 saturated heterocycles. The van der Waals surface area contributed by atoms with Crippen LogP contribution in [0.1, 0.15) is 45.6 Å². The van der Waals surface area contributed by atoms with E-state index in [4.69, 9.17) is 11.6 Å². The molecule has 0 radical (unpaired) electrons. The van der Waals surface area contributed by atoms with Gasteiger partial charge in [0, 0.05) is 12.0 Å². The van der Waals surface area contributed by atoms with Crippen molar-refractivity contribution in [2.24, 2.45) is 5.92 Å². The van der Waals surface area contributed by atoms with Crippen LogP contribution < -0.4 is 10.6 Å². The molecule has 32 heavy (non-hydrogen) atoms. The molecular weight excluding hydrogens is 452 g/mol. The number of phenols is 1. The summed E-state index contributed by atoms with van der Waals surface area (Å²) in [5, 5.41) is 14.2. The highest BCUT2D eigenvalue weighted by molar-refractivity contribution is 7.92. The monoisotopic (exact) mass is 480 g/mol. The van der Waals surface area contributed by atoms with E-state index in [0.717, 1.165) is 5.56 Å². The van der Waals surface area contributed by atoms with E-state index < -0.39 is 21.0 Å². The van der Waals surface area contributed by atoms with E-state index in [1.807, 2.05) is 13.8 Å². The summed E-state index contributed by atoms with van der Waals surface area (Å²) < 4.78 is 26.0. The number of hydrogen-bond acceptors (Lipinski definition) is 5. The van der Waals surface area contributed by atoms with Gasteiger partial charge >= 0.3 is 0 Å². The summed E-state index contributed by atoms with van der Waals surface area (Å²) in [4.78, 5) is 25.2. The molecule has 0 spiro atoms. The van der Waals surface area contributed by atoms with Gasteiger partial charge in [-0.05, 0) is 49.9 Å². The highest BCUT2D eigenvalue weighted by atomic mass is 35.5. The van der Waals surface area contributed by atoms with E-state index in [2.05, 4.69) is 10.6 Å². The van der Waals surface area contributed by atoms with E-state index in [0.29, 0.717) is 12.8 Å². The van der Waals surface area contributed by atoms with E-state index >= 15 is 0 Å². The van der Waals surface area contributed by atoms with E-state index in [1.165, 1.54) is 24.3 Å². The minimum Gasteiger partial charge on any atom is -0.506 e. The second-order valence-electron chi connectivity index (χ2n) is 7.60. The molecule has 2 aromatic carbocycles. The van der Waals surface area contributed by atoms with Crippen molar-refractivity contribution >= 4 is 44.6 Å². The van der Waals surface area contributed by atoms with Crippen LogP contribution in [0.4, 0.5) is 11.4 Å². The van der Waals surface area contributed by atoms with E-state index in [-0.39, 0.29) is 45.3 Å². The van der Waals surface area contributed by atoms with Gasteiger partial charge in [0.1, 0.15) is 11.0 Å². The molecule has 1 atom stereocenters. The molecule has 0 saturated carbocycles. The third-order valence-corrected chi connectivity index (χ3v) is 7.83. The van der Waals surface area contributed by atoms with Crippen LogP contribution in [-0.4, -0.2) is 30.6 Å². The maximum atomic E-state index is 13.0. The Labute approximate surface area is 194 Å². The van der Waals surface area contributed by atoms with Gasteiger partial charge in [0.05, 0.1) is 21.3 Å². The molecule has 0 aliphatic heterocycles. The molecule has 174 valence electrons. The van der Waals surface area contributed by atoms with Crippen molar-refractivity contribution < 1.29 is 23.1 Å². The lowest BCUT2D eigenvalue weighted by atomic mass is 10.0. The summed E-state index contributed by atoms with van der Waals surface area (Å²) >= 11 is 6.25. The van der Waals surface area contributed by atoms with Crippen molar-refractivity contribution in [3.63, 3.8) is 0 Å². The number of aromatic hydroxyl groups is 1. The van der Waals surface area contributed by atoms with Crippen molar-refractivity contribution in [1.82, 2.24) is 0 Å². The minimum absolute atomic E-state index is 0.0487. The number of sulfone groups is 1. The number of aryl methyl sites for hydroxylation is 1. The number of nitrogens with one attached hydrogen (secondary N) is 2. The number of halogens is 1. The number of phenolic OH excluding ortho intramolecular Hbond substituents is 1. The van der Waals surface area contributed by atoms with Crippen LogP contribution in [0, 0.1) is 12.8 Å². The van der Waals surface area contributed by atoms with Gasteiger partial charge in [0.15, 0.2) is 9.84 Å². The van der Waals surface area contributed by atoms with Crippen LogP contribution in [0.15, 0.2) is 41.3 Å². The van der Waals surface area contributed by atoms with E-state index in [9.17, 15) is 23.1 Å². The molecule has 0 aromatic heterocycles. The van der Waals surface area contributed by atoms with Crippen molar-refractivity contribution in [3.05, 3.63) is 47.0 Å². The molecule has 0 aliphatic rings. The third-order valence-electron chi connectivity index (χ3n) is 5.31. The standard InChI is InChI=1S/C23H29ClN2O5S/c1-5-15(6-2)22(28)26-19-12-17(24)18(13-20(19)27)25-23(29)21(7-3)32(30,31)16-10-8-9-14(4)11-16/h8-13,15,21,27H,5-7H2,1-4H3,(H,25,29)(H,26,28). The molecule has 7 nitrogen and oxygen atoms in total. The molecule has 2 amide bonds. The quantitative estimate of drug-likeness (QED) is 0.441. The fourth-order valence-corrected chi connectivity index (χ4v) is 5.30. The first-order valence-electron chi connectivity index (χ1n) is 10.5. The highest BCUT2D eigenvalue weighted by Crippen LogP contribution is 2.35. The Hall–Kier alpha value is -2.58. The molecule has 9 heteroatoms. The highest BCUT2D eigenvalue weighted by Gasteiger charge is 2.33. The second-order valence-corrected chi connectivity index (χ2v) is 10.1. The SMILES string of the molecule is CCC(CC)C(=O)Nc1cc(Cl)c(NC(=O)C(CC)S(=O)(=O)c2cccc(C)c2)cc1O. The zero-order valence-electron chi connectivity index (χ0n) is 18.6. The minimum atomic E-state index is -3.93. The van der Waals surface area contributed by atoms with Crippen molar-refractivity contribution in [1.29, 1.82) is 0 Å². The first kappa shape index (κ1) is 25.7. The molecule has 0 fully saturated rings. The molecule has 2 aromatic rings. The zero-order chi connectivity index (χ0) is 24.1. The summed E-state index contributed by atoms with van der Waals surface area (Å²) in [5.41, 5.74) is 0.928. The lowest BCUT2D eigenvalue weighted by molar-refractivity contribution is -0.120. The summed E-state index contributed by atoms with van der Waals surface area (Å²) in [5.74, 6) is -1.50. The molecule has 3 N–H and O–H groups in total. The second kappa shape index (κ2) is 10.8. The van der Waals surface area contributed by atoms with Crippen molar-refractivity contribution in [2.45, 2.75) is 57.1 Å². The Balaban J connectivity index is 2.26. The number of carbonyl (C=O) groups is 2. The summed E-state index contributed by atoms with van der Waals surface area (Å²) in [6.07, 6.45) is 1.35. The zero-order valence-corrected chi connectivity index (χ0v) is 20.2. The number of rotatable bonds is 9. The van der Waals surface area contributed by atoms with Crippen LogP contribution in [0.25, 0.3) is 0 Å². The maximum absolute atomic E-state index is 13.0. The van der Waals surface area contributed by atoms with Crippen LogP contribution in [0.5, 0.6) is 5.75 Å². The normalized spacial score (nSPS) is 12.4. The van der Waals surface area contributed by atoms with Gasteiger partial charge in [-0.3, -0.25) is 9.59 Å². The van der Waals surface area contributed by atoms with Gasteiger partial charge in [-0.2, -0.15) is 0 Å². The molecule has 0 bridgehead atoms. The first-order chi connectivity index (χ1) is 15.0. The van der Waals surface area contributed by atoms with Crippen molar-refractivity contribution in [3.8, 4) is 5.75 Å². The van der Waals surface area contributed by atoms with E-state index in [1.54, 1.807) is 26.0 Å². The average Bonchev–Trinajstić information content (AvgIpc) is 2.73. The third kappa shape index (κ3) is 5.81. The molecular formula is C23H29ClN2O5S. The average molecular weight is 481 g/mol.